The Bertz CT molecular complexity index is 393. The second-order valence-corrected chi connectivity index (χ2v) is 4.89. The van der Waals surface area contributed by atoms with E-state index in [2.05, 4.69) is 11.9 Å². The molecule has 0 spiro atoms. The van der Waals surface area contributed by atoms with Gasteiger partial charge in [-0.15, -0.1) is 0 Å². The first kappa shape index (κ1) is 15.0. The normalized spacial score (nSPS) is 12.6. The zero-order valence-corrected chi connectivity index (χ0v) is 11.9. The van der Waals surface area contributed by atoms with Crippen molar-refractivity contribution in [2.45, 2.75) is 45.0 Å². The highest BCUT2D eigenvalue weighted by molar-refractivity contribution is 7.99. The lowest BCUT2D eigenvalue weighted by Crippen LogP contribution is -2.19. The van der Waals surface area contributed by atoms with E-state index in [1.165, 1.54) is 11.8 Å². The Morgan fingerprint density at radius 2 is 2.33 bits per heavy atom. The molecule has 1 heterocycles. The van der Waals surface area contributed by atoms with Crippen LogP contribution in [-0.2, 0) is 22.5 Å². The van der Waals surface area contributed by atoms with Crippen molar-refractivity contribution in [1.29, 1.82) is 0 Å². The fourth-order valence-electron chi connectivity index (χ4n) is 1.71. The number of carboxylic acids is 1. The van der Waals surface area contributed by atoms with Crippen molar-refractivity contribution in [2.24, 2.45) is 0 Å². The molecular formula is C12H20N2O3S. The minimum atomic E-state index is -0.828. The van der Waals surface area contributed by atoms with Crippen LogP contribution in [0.4, 0.5) is 0 Å². The summed E-state index contributed by atoms with van der Waals surface area (Å²) in [6.45, 7) is 7.41. The number of thioether (sulfide) groups is 1. The standard InChI is InChI=1S/C12H20N2O3S/c1-4-10-6-13-12(18-8-11(15)16)14(10)7-9(3)17-5-2/h6,9H,4-5,7-8H2,1-3H3,(H,15,16). The molecule has 0 bridgehead atoms. The van der Waals surface area contributed by atoms with Crippen LogP contribution in [-0.4, -0.2) is 39.1 Å². The number of hydrogen-bond donors (Lipinski definition) is 1. The van der Waals surface area contributed by atoms with Crippen molar-refractivity contribution in [3.05, 3.63) is 11.9 Å². The van der Waals surface area contributed by atoms with Gasteiger partial charge >= 0.3 is 5.97 Å². The largest absolute Gasteiger partial charge is 0.481 e. The summed E-state index contributed by atoms with van der Waals surface area (Å²) < 4.78 is 7.57. The Labute approximate surface area is 112 Å². The first-order valence-corrected chi connectivity index (χ1v) is 7.07. The summed E-state index contributed by atoms with van der Waals surface area (Å²) in [6.07, 6.45) is 2.78. The van der Waals surface area contributed by atoms with E-state index in [0.717, 1.165) is 17.3 Å². The predicted molar refractivity (Wildman–Crippen MR) is 71.1 cm³/mol. The molecule has 6 heteroatoms. The lowest BCUT2D eigenvalue weighted by Gasteiger charge is -2.16. The molecule has 1 N–H and O–H groups in total. The van der Waals surface area contributed by atoms with Crippen LogP contribution in [0, 0.1) is 0 Å². The fraction of sp³-hybridized carbons (Fsp3) is 0.667. The molecular weight excluding hydrogens is 252 g/mol. The third-order valence-corrected chi connectivity index (χ3v) is 3.45. The Kier molecular flexibility index (Phi) is 6.21. The number of aliphatic carboxylic acids is 1. The monoisotopic (exact) mass is 272 g/mol. The van der Waals surface area contributed by atoms with Gasteiger partial charge in [0.25, 0.3) is 0 Å². The molecule has 18 heavy (non-hydrogen) atoms. The Hall–Kier alpha value is -1.01. The maximum absolute atomic E-state index is 10.6. The number of carbonyl (C=O) groups is 1. The highest BCUT2D eigenvalue weighted by Gasteiger charge is 2.13. The van der Waals surface area contributed by atoms with Gasteiger partial charge in [0.1, 0.15) is 0 Å². The number of ether oxygens (including phenoxy) is 1. The van der Waals surface area contributed by atoms with Gasteiger partial charge in [0.05, 0.1) is 18.4 Å². The fourth-order valence-corrected chi connectivity index (χ4v) is 2.43. The SMILES string of the molecule is CCOC(C)Cn1c(CC)cnc1SCC(=O)O. The molecule has 1 rings (SSSR count). The van der Waals surface area contributed by atoms with E-state index in [-0.39, 0.29) is 11.9 Å². The molecule has 0 radical (unpaired) electrons. The van der Waals surface area contributed by atoms with E-state index in [9.17, 15) is 4.79 Å². The van der Waals surface area contributed by atoms with Crippen molar-refractivity contribution in [3.63, 3.8) is 0 Å². The number of carboxylic acid groups (broad SMARTS) is 1. The number of hydrogen-bond acceptors (Lipinski definition) is 4. The van der Waals surface area contributed by atoms with Crippen LogP contribution in [0.25, 0.3) is 0 Å². The summed E-state index contributed by atoms with van der Waals surface area (Å²) in [7, 11) is 0. The second-order valence-electron chi connectivity index (χ2n) is 3.94. The Morgan fingerprint density at radius 3 is 2.89 bits per heavy atom. The first-order valence-electron chi connectivity index (χ1n) is 6.09. The van der Waals surface area contributed by atoms with E-state index in [0.29, 0.717) is 13.2 Å². The van der Waals surface area contributed by atoms with Crippen LogP contribution >= 0.6 is 11.8 Å². The molecule has 102 valence electrons. The van der Waals surface area contributed by atoms with E-state index >= 15 is 0 Å². The molecule has 0 aliphatic rings. The van der Waals surface area contributed by atoms with E-state index in [1.807, 2.05) is 24.6 Å². The minimum Gasteiger partial charge on any atom is -0.481 e. The van der Waals surface area contributed by atoms with Crippen LogP contribution in [0.15, 0.2) is 11.4 Å². The zero-order chi connectivity index (χ0) is 13.5. The van der Waals surface area contributed by atoms with Crippen LogP contribution in [0.5, 0.6) is 0 Å². The van der Waals surface area contributed by atoms with Crippen LogP contribution in [0.2, 0.25) is 0 Å². The van der Waals surface area contributed by atoms with E-state index < -0.39 is 5.97 Å². The highest BCUT2D eigenvalue weighted by atomic mass is 32.2. The maximum Gasteiger partial charge on any atom is 0.313 e. The van der Waals surface area contributed by atoms with Crippen LogP contribution in [0.3, 0.4) is 0 Å². The average Bonchev–Trinajstić information content (AvgIpc) is 2.69. The molecule has 0 aliphatic carbocycles. The highest BCUT2D eigenvalue weighted by Crippen LogP contribution is 2.19. The lowest BCUT2D eigenvalue weighted by molar-refractivity contribution is -0.133. The third-order valence-electron chi connectivity index (χ3n) is 2.48. The van der Waals surface area contributed by atoms with Crippen molar-refractivity contribution in [1.82, 2.24) is 9.55 Å². The van der Waals surface area contributed by atoms with Crippen molar-refractivity contribution in [3.8, 4) is 0 Å². The summed E-state index contributed by atoms with van der Waals surface area (Å²) in [5, 5.41) is 9.46. The van der Waals surface area contributed by atoms with Gasteiger partial charge in [-0.2, -0.15) is 0 Å². The lowest BCUT2D eigenvalue weighted by atomic mass is 10.3. The van der Waals surface area contributed by atoms with Gasteiger partial charge < -0.3 is 14.4 Å². The van der Waals surface area contributed by atoms with E-state index in [1.54, 1.807) is 0 Å². The van der Waals surface area contributed by atoms with Crippen molar-refractivity contribution >= 4 is 17.7 Å². The quantitative estimate of drug-likeness (QED) is 0.734. The molecule has 5 nitrogen and oxygen atoms in total. The van der Waals surface area contributed by atoms with Crippen LogP contribution < -0.4 is 0 Å². The number of imidazole rings is 1. The Balaban J connectivity index is 2.77. The number of aryl methyl sites for hydroxylation is 1. The van der Waals surface area contributed by atoms with Gasteiger partial charge in [0, 0.05) is 18.5 Å². The number of rotatable bonds is 8. The van der Waals surface area contributed by atoms with E-state index in [4.69, 9.17) is 9.84 Å². The molecule has 1 atom stereocenters. The molecule has 0 fully saturated rings. The van der Waals surface area contributed by atoms with Gasteiger partial charge in [0.15, 0.2) is 5.16 Å². The van der Waals surface area contributed by atoms with Gasteiger partial charge in [-0.3, -0.25) is 4.79 Å². The first-order chi connectivity index (χ1) is 8.58. The number of aromatic nitrogens is 2. The minimum absolute atomic E-state index is 0.0309. The summed E-state index contributed by atoms with van der Waals surface area (Å²) in [5.74, 6) is -0.797. The third kappa shape index (κ3) is 4.34. The summed E-state index contributed by atoms with van der Waals surface area (Å²) in [5.41, 5.74) is 1.11. The van der Waals surface area contributed by atoms with Gasteiger partial charge in [-0.25, -0.2) is 4.98 Å². The van der Waals surface area contributed by atoms with Gasteiger partial charge in [-0.1, -0.05) is 18.7 Å². The smallest absolute Gasteiger partial charge is 0.313 e. The zero-order valence-electron chi connectivity index (χ0n) is 11.0. The summed E-state index contributed by atoms with van der Waals surface area (Å²) >= 11 is 1.25. The number of nitrogens with zero attached hydrogens (tertiary/aromatic N) is 2. The van der Waals surface area contributed by atoms with Gasteiger partial charge in [0.2, 0.25) is 0 Å². The molecule has 0 saturated carbocycles. The van der Waals surface area contributed by atoms with Crippen molar-refractivity contribution in [2.75, 3.05) is 12.4 Å². The summed E-state index contributed by atoms with van der Waals surface area (Å²) in [4.78, 5) is 14.9. The molecule has 0 aliphatic heterocycles. The second kappa shape index (κ2) is 7.43. The molecule has 0 saturated heterocycles. The molecule has 1 aromatic rings. The molecule has 0 amide bonds. The Morgan fingerprint density at radius 1 is 1.61 bits per heavy atom. The topological polar surface area (TPSA) is 64.4 Å². The van der Waals surface area contributed by atoms with Crippen molar-refractivity contribution < 1.29 is 14.6 Å². The predicted octanol–water partition coefficient (Wildman–Crippen LogP) is 2.05. The molecule has 1 unspecified atom stereocenters. The molecule has 1 aromatic heterocycles. The van der Waals surface area contributed by atoms with Crippen LogP contribution in [0.1, 0.15) is 26.5 Å². The molecule has 0 aromatic carbocycles. The average molecular weight is 272 g/mol. The van der Waals surface area contributed by atoms with Gasteiger partial charge in [-0.05, 0) is 20.3 Å². The maximum atomic E-state index is 10.6. The summed E-state index contributed by atoms with van der Waals surface area (Å²) in [6, 6.07) is 0.